The number of nitrogens with two attached hydrogens (primary N) is 1. The molecule has 0 aliphatic heterocycles. The van der Waals surface area contributed by atoms with Crippen LogP contribution in [-0.4, -0.2) is 30.0 Å². The Balaban J connectivity index is 1.38. The van der Waals surface area contributed by atoms with E-state index in [1.54, 1.807) is 0 Å². The number of para-hydroxylation sites is 1. The molecule has 0 radical (unpaired) electrons. The minimum atomic E-state index is 0.164. The van der Waals surface area contributed by atoms with E-state index < -0.39 is 0 Å². The molecule has 1 aliphatic rings. The lowest BCUT2D eigenvalue weighted by Gasteiger charge is -2.18. The van der Waals surface area contributed by atoms with Gasteiger partial charge in [0.05, 0.1) is 6.04 Å². The summed E-state index contributed by atoms with van der Waals surface area (Å²) in [7, 11) is 0. The Morgan fingerprint density at radius 2 is 1.88 bits per heavy atom. The third-order valence-corrected chi connectivity index (χ3v) is 5.18. The first-order valence-electron chi connectivity index (χ1n) is 9.48. The number of aromatic nitrogens is 1. The van der Waals surface area contributed by atoms with Gasteiger partial charge in [-0.05, 0) is 43.7 Å². The van der Waals surface area contributed by atoms with Gasteiger partial charge in [0.1, 0.15) is 0 Å². The van der Waals surface area contributed by atoms with E-state index in [0.29, 0.717) is 19.1 Å². The number of rotatable bonds is 6. The van der Waals surface area contributed by atoms with Gasteiger partial charge in [-0.1, -0.05) is 37.5 Å². The summed E-state index contributed by atoms with van der Waals surface area (Å²) in [6.45, 7) is 1.28. The van der Waals surface area contributed by atoms with Crippen molar-refractivity contribution in [1.82, 2.24) is 10.3 Å². The molecule has 1 aromatic heterocycles. The van der Waals surface area contributed by atoms with Gasteiger partial charge in [-0.2, -0.15) is 0 Å². The first kappa shape index (κ1) is 17.0. The first-order chi connectivity index (χ1) is 11.8. The molecule has 1 saturated carbocycles. The average Bonchev–Trinajstić information content (AvgIpc) is 2.97. The van der Waals surface area contributed by atoms with Crippen molar-refractivity contribution >= 4 is 16.8 Å². The molecule has 1 aliphatic carbocycles. The van der Waals surface area contributed by atoms with Crippen molar-refractivity contribution in [2.45, 2.75) is 57.4 Å². The summed E-state index contributed by atoms with van der Waals surface area (Å²) in [5.74, 6) is 0.164. The molecule has 24 heavy (non-hydrogen) atoms. The average molecular weight is 328 g/mol. The molecule has 0 unspecified atom stereocenters. The minimum absolute atomic E-state index is 0.164. The molecule has 1 heterocycles. The van der Waals surface area contributed by atoms with E-state index in [1.165, 1.54) is 55.9 Å². The van der Waals surface area contributed by atoms with Crippen LogP contribution in [0.5, 0.6) is 0 Å². The predicted molar refractivity (Wildman–Crippen MR) is 97.9 cm³/mol. The van der Waals surface area contributed by atoms with Crippen molar-refractivity contribution in [3.63, 3.8) is 0 Å². The van der Waals surface area contributed by atoms with Crippen LogP contribution in [0.4, 0.5) is 0 Å². The van der Waals surface area contributed by atoms with Crippen molar-refractivity contribution in [1.29, 1.82) is 0 Å². The molecule has 1 fully saturated rings. The highest BCUT2D eigenvalue weighted by Gasteiger charge is 2.15. The van der Waals surface area contributed by atoms with Crippen molar-refractivity contribution < 1.29 is 10.1 Å². The minimum Gasteiger partial charge on any atom is -0.361 e. The van der Waals surface area contributed by atoms with Gasteiger partial charge in [-0.15, -0.1) is 0 Å². The fourth-order valence-electron chi connectivity index (χ4n) is 3.74. The third-order valence-electron chi connectivity index (χ3n) is 5.18. The topological polar surface area (TPSA) is 61.5 Å². The van der Waals surface area contributed by atoms with Crippen LogP contribution in [0.3, 0.4) is 0 Å². The van der Waals surface area contributed by atoms with Gasteiger partial charge < -0.3 is 15.6 Å². The predicted octanol–water partition coefficient (Wildman–Crippen LogP) is 2.50. The molecule has 4 N–H and O–H groups in total. The zero-order chi connectivity index (χ0) is 16.6. The van der Waals surface area contributed by atoms with Gasteiger partial charge in [0.25, 0.3) is 5.91 Å². The molecule has 0 bridgehead atoms. The third kappa shape index (κ3) is 4.84. The maximum atomic E-state index is 12.1. The number of aromatic amines is 1. The Morgan fingerprint density at radius 1 is 1.12 bits per heavy atom. The molecule has 0 atom stereocenters. The van der Waals surface area contributed by atoms with Crippen LogP contribution >= 0.6 is 0 Å². The molecular formula is C20H30N3O+. The largest absolute Gasteiger partial charge is 0.361 e. The number of carbonyl (C=O) groups excluding carboxylic acids is 1. The maximum Gasteiger partial charge on any atom is 0.275 e. The smallest absolute Gasteiger partial charge is 0.275 e. The summed E-state index contributed by atoms with van der Waals surface area (Å²) < 4.78 is 0. The van der Waals surface area contributed by atoms with E-state index in [0.717, 1.165) is 11.9 Å². The van der Waals surface area contributed by atoms with Crippen molar-refractivity contribution in [2.75, 3.05) is 13.1 Å². The first-order valence-corrected chi connectivity index (χ1v) is 9.48. The zero-order valence-corrected chi connectivity index (χ0v) is 14.5. The second-order valence-corrected chi connectivity index (χ2v) is 7.00. The van der Waals surface area contributed by atoms with Crippen LogP contribution < -0.4 is 10.6 Å². The van der Waals surface area contributed by atoms with E-state index in [1.807, 2.05) is 6.07 Å². The Hall–Kier alpha value is -1.81. The number of fused-ring (bicyclic) bond motifs is 1. The fourth-order valence-corrected chi connectivity index (χ4v) is 3.74. The number of H-pyrrole nitrogens is 1. The number of hydrogen-bond acceptors (Lipinski definition) is 1. The number of quaternary nitrogens is 1. The number of benzene rings is 1. The van der Waals surface area contributed by atoms with Crippen molar-refractivity contribution in [3.8, 4) is 0 Å². The summed E-state index contributed by atoms with van der Waals surface area (Å²) in [6, 6.07) is 8.95. The lowest BCUT2D eigenvalue weighted by atomic mass is 9.97. The Bertz CT molecular complexity index is 641. The maximum absolute atomic E-state index is 12.1. The van der Waals surface area contributed by atoms with E-state index >= 15 is 0 Å². The van der Waals surface area contributed by atoms with Crippen LogP contribution in [-0.2, 0) is 11.2 Å². The van der Waals surface area contributed by atoms with Gasteiger partial charge in [0.2, 0.25) is 0 Å². The van der Waals surface area contributed by atoms with Crippen LogP contribution in [0, 0.1) is 0 Å². The van der Waals surface area contributed by atoms with Crippen LogP contribution in [0.1, 0.15) is 50.5 Å². The molecule has 3 rings (SSSR count). The number of carbonyl (C=O) groups is 1. The lowest BCUT2D eigenvalue weighted by Crippen LogP contribution is -2.92. The van der Waals surface area contributed by atoms with Gasteiger partial charge >= 0.3 is 0 Å². The molecule has 4 heteroatoms. The van der Waals surface area contributed by atoms with Gasteiger partial charge in [0.15, 0.2) is 6.54 Å². The molecule has 0 spiro atoms. The standard InChI is InChI=1S/C20H29N3O/c24-20(15-22-17-8-4-2-1-3-5-9-17)21-13-12-16-14-23-19-11-7-6-10-18(16)19/h6-7,10-11,14,17,22-23H,1-5,8-9,12-13,15H2,(H,21,24)/p+1. The Morgan fingerprint density at radius 3 is 2.71 bits per heavy atom. The molecule has 1 aromatic carbocycles. The monoisotopic (exact) mass is 328 g/mol. The highest BCUT2D eigenvalue weighted by Crippen LogP contribution is 2.17. The summed E-state index contributed by atoms with van der Waals surface area (Å²) in [6.07, 6.45) is 12.2. The summed E-state index contributed by atoms with van der Waals surface area (Å²) >= 11 is 0. The molecule has 130 valence electrons. The van der Waals surface area contributed by atoms with E-state index in [4.69, 9.17) is 0 Å². The lowest BCUT2D eigenvalue weighted by molar-refractivity contribution is -0.680. The highest BCUT2D eigenvalue weighted by molar-refractivity contribution is 5.83. The Labute approximate surface area is 144 Å². The fraction of sp³-hybridized carbons (Fsp3) is 0.550. The second kappa shape index (κ2) is 8.88. The van der Waals surface area contributed by atoms with E-state index in [2.05, 4.69) is 40.0 Å². The quantitative estimate of drug-likeness (QED) is 0.750. The molecule has 1 amide bonds. The highest BCUT2D eigenvalue weighted by atomic mass is 16.1. The van der Waals surface area contributed by atoms with Crippen molar-refractivity contribution in [3.05, 3.63) is 36.0 Å². The molecule has 4 nitrogen and oxygen atoms in total. The van der Waals surface area contributed by atoms with Gasteiger partial charge in [-0.25, -0.2) is 0 Å². The summed E-state index contributed by atoms with van der Waals surface area (Å²) in [5, 5.41) is 6.58. The van der Waals surface area contributed by atoms with Crippen LogP contribution in [0.2, 0.25) is 0 Å². The Kier molecular flexibility index (Phi) is 6.30. The molecule has 2 aromatic rings. The van der Waals surface area contributed by atoms with Gasteiger partial charge in [0, 0.05) is 23.6 Å². The molecule has 0 saturated heterocycles. The number of nitrogens with one attached hydrogen (secondary N) is 2. The summed E-state index contributed by atoms with van der Waals surface area (Å²) in [4.78, 5) is 15.4. The van der Waals surface area contributed by atoms with E-state index in [-0.39, 0.29) is 5.91 Å². The summed E-state index contributed by atoms with van der Waals surface area (Å²) in [5.41, 5.74) is 2.44. The normalized spacial score (nSPS) is 16.7. The SMILES string of the molecule is O=C(C[NH2+]C1CCCCCCC1)NCCc1c[nH]c2ccccc12. The van der Waals surface area contributed by atoms with E-state index in [9.17, 15) is 4.79 Å². The number of hydrogen-bond donors (Lipinski definition) is 3. The second-order valence-electron chi connectivity index (χ2n) is 7.00. The number of amides is 1. The zero-order valence-electron chi connectivity index (χ0n) is 14.5. The van der Waals surface area contributed by atoms with Crippen molar-refractivity contribution in [2.24, 2.45) is 0 Å². The molecular weight excluding hydrogens is 298 g/mol. The van der Waals surface area contributed by atoms with Crippen LogP contribution in [0.15, 0.2) is 30.5 Å². The van der Waals surface area contributed by atoms with Gasteiger partial charge in [-0.3, -0.25) is 4.79 Å². The van der Waals surface area contributed by atoms with Crippen LogP contribution in [0.25, 0.3) is 10.9 Å².